The van der Waals surface area contributed by atoms with Crippen LogP contribution in [0.1, 0.15) is 15.9 Å². The number of rotatable bonds is 5. The molecule has 0 atom stereocenters. The average molecular weight is 402 g/mol. The van der Waals surface area contributed by atoms with E-state index in [1.165, 1.54) is 29.1 Å². The van der Waals surface area contributed by atoms with Gasteiger partial charge in [-0.25, -0.2) is 4.98 Å². The van der Waals surface area contributed by atoms with Crippen molar-refractivity contribution < 1.29 is 23.0 Å². The number of carbonyl (C=O) groups is 1. The molecule has 3 heterocycles. The molecule has 1 aliphatic rings. The van der Waals surface area contributed by atoms with Crippen LogP contribution < -0.4 is 25.8 Å². The number of aryl methyl sites for hydroxylation is 1. The molecule has 1 aliphatic heterocycles. The number of aromatic nitrogens is 3. The van der Waals surface area contributed by atoms with Gasteiger partial charge in [-0.3, -0.25) is 9.48 Å². The SMILES string of the molecule is Cn1ncc(C(=O)Nc2ccc3c(c2)OC(F)(F)O3)c1NCc1ccnc(N)c1. The highest BCUT2D eigenvalue weighted by atomic mass is 19.3. The van der Waals surface area contributed by atoms with Crippen molar-refractivity contribution >= 4 is 23.2 Å². The Labute approximate surface area is 163 Å². The van der Waals surface area contributed by atoms with Crippen LogP contribution in [-0.4, -0.2) is 27.0 Å². The van der Waals surface area contributed by atoms with Crippen molar-refractivity contribution in [1.29, 1.82) is 0 Å². The fourth-order valence-corrected chi connectivity index (χ4v) is 2.83. The molecule has 150 valence electrons. The van der Waals surface area contributed by atoms with Crippen molar-refractivity contribution in [3.63, 3.8) is 0 Å². The number of nitrogens with one attached hydrogen (secondary N) is 2. The zero-order valence-corrected chi connectivity index (χ0v) is 15.1. The summed E-state index contributed by atoms with van der Waals surface area (Å²) in [5.74, 6) is 0.132. The van der Waals surface area contributed by atoms with Gasteiger partial charge in [-0.05, 0) is 29.8 Å². The van der Waals surface area contributed by atoms with E-state index in [-0.39, 0.29) is 22.7 Å². The zero-order chi connectivity index (χ0) is 20.6. The van der Waals surface area contributed by atoms with Gasteiger partial charge < -0.3 is 25.8 Å². The van der Waals surface area contributed by atoms with E-state index in [1.807, 2.05) is 0 Å². The van der Waals surface area contributed by atoms with Crippen LogP contribution in [0.15, 0.2) is 42.7 Å². The van der Waals surface area contributed by atoms with Crippen LogP contribution in [0.3, 0.4) is 0 Å². The summed E-state index contributed by atoms with van der Waals surface area (Å²) in [6.07, 6.45) is -0.728. The number of hydrogen-bond donors (Lipinski definition) is 3. The number of ether oxygens (including phenoxy) is 2. The predicted molar refractivity (Wildman–Crippen MR) is 99.8 cm³/mol. The molecular formula is C18H16F2N6O3. The second-order valence-corrected chi connectivity index (χ2v) is 6.26. The highest BCUT2D eigenvalue weighted by Gasteiger charge is 2.43. The van der Waals surface area contributed by atoms with Crippen LogP contribution in [-0.2, 0) is 13.6 Å². The van der Waals surface area contributed by atoms with Crippen molar-refractivity contribution in [1.82, 2.24) is 14.8 Å². The minimum Gasteiger partial charge on any atom is -0.395 e. The van der Waals surface area contributed by atoms with E-state index < -0.39 is 12.2 Å². The summed E-state index contributed by atoms with van der Waals surface area (Å²) in [6, 6.07) is 7.50. The van der Waals surface area contributed by atoms with Crippen molar-refractivity contribution in [3.8, 4) is 11.5 Å². The van der Waals surface area contributed by atoms with Crippen LogP contribution >= 0.6 is 0 Å². The number of anilines is 3. The molecule has 3 aromatic rings. The smallest absolute Gasteiger partial charge is 0.395 e. The van der Waals surface area contributed by atoms with E-state index in [0.29, 0.717) is 18.2 Å². The van der Waals surface area contributed by atoms with Crippen LogP contribution in [0.25, 0.3) is 0 Å². The van der Waals surface area contributed by atoms with E-state index in [4.69, 9.17) is 5.73 Å². The third kappa shape index (κ3) is 3.88. The van der Waals surface area contributed by atoms with E-state index >= 15 is 0 Å². The lowest BCUT2D eigenvalue weighted by Gasteiger charge is -2.10. The molecule has 0 saturated heterocycles. The molecule has 9 nitrogen and oxygen atoms in total. The maximum atomic E-state index is 13.1. The highest BCUT2D eigenvalue weighted by Crippen LogP contribution is 2.42. The molecule has 4 rings (SSSR count). The first-order chi connectivity index (χ1) is 13.8. The van der Waals surface area contributed by atoms with Gasteiger partial charge in [-0.15, -0.1) is 8.78 Å². The molecule has 4 N–H and O–H groups in total. The molecular weight excluding hydrogens is 386 g/mol. The van der Waals surface area contributed by atoms with Gasteiger partial charge >= 0.3 is 6.29 Å². The number of hydrogen-bond acceptors (Lipinski definition) is 7. The molecule has 0 aliphatic carbocycles. The molecule has 0 spiro atoms. The lowest BCUT2D eigenvalue weighted by atomic mass is 10.2. The minimum atomic E-state index is -3.72. The first-order valence-electron chi connectivity index (χ1n) is 8.48. The molecule has 29 heavy (non-hydrogen) atoms. The predicted octanol–water partition coefficient (Wildman–Crippen LogP) is 2.58. The molecule has 0 saturated carbocycles. The second kappa shape index (κ2) is 6.93. The number of fused-ring (bicyclic) bond motifs is 1. The summed E-state index contributed by atoms with van der Waals surface area (Å²) >= 11 is 0. The Bertz CT molecular complexity index is 1090. The van der Waals surface area contributed by atoms with Crippen LogP contribution in [0.5, 0.6) is 11.5 Å². The van der Waals surface area contributed by atoms with Crippen LogP contribution in [0.2, 0.25) is 0 Å². The van der Waals surface area contributed by atoms with Gasteiger partial charge in [0.1, 0.15) is 17.2 Å². The van der Waals surface area contributed by atoms with Gasteiger partial charge in [0.25, 0.3) is 5.91 Å². The van der Waals surface area contributed by atoms with Crippen molar-refractivity contribution in [2.24, 2.45) is 7.05 Å². The normalized spacial score (nSPS) is 13.9. The molecule has 2 aromatic heterocycles. The average Bonchev–Trinajstić information content (AvgIpc) is 3.17. The zero-order valence-electron chi connectivity index (χ0n) is 15.1. The Morgan fingerprint density at radius 1 is 1.24 bits per heavy atom. The maximum absolute atomic E-state index is 13.1. The van der Waals surface area contributed by atoms with Gasteiger partial charge in [-0.1, -0.05) is 0 Å². The highest BCUT2D eigenvalue weighted by molar-refractivity contribution is 6.07. The van der Waals surface area contributed by atoms with Crippen molar-refractivity contribution in [2.75, 3.05) is 16.4 Å². The number of amides is 1. The van der Waals surface area contributed by atoms with E-state index in [1.54, 1.807) is 25.4 Å². The fraction of sp³-hybridized carbons (Fsp3) is 0.167. The fourth-order valence-electron chi connectivity index (χ4n) is 2.83. The topological polar surface area (TPSA) is 116 Å². The number of pyridine rings is 1. The van der Waals surface area contributed by atoms with E-state index in [2.05, 4.69) is 30.2 Å². The lowest BCUT2D eigenvalue weighted by molar-refractivity contribution is -0.286. The third-order valence-electron chi connectivity index (χ3n) is 4.15. The summed E-state index contributed by atoms with van der Waals surface area (Å²) < 4.78 is 36.5. The monoisotopic (exact) mass is 402 g/mol. The van der Waals surface area contributed by atoms with Crippen LogP contribution in [0.4, 0.5) is 26.1 Å². The molecule has 0 bridgehead atoms. The number of carbonyl (C=O) groups excluding carboxylic acids is 1. The number of nitrogens with two attached hydrogens (primary N) is 1. The Hall–Kier alpha value is -3.89. The van der Waals surface area contributed by atoms with Gasteiger partial charge in [0.2, 0.25) is 0 Å². The van der Waals surface area contributed by atoms with Crippen LogP contribution in [0, 0.1) is 0 Å². The molecule has 11 heteroatoms. The number of nitrogens with zero attached hydrogens (tertiary/aromatic N) is 3. The lowest BCUT2D eigenvalue weighted by Crippen LogP contribution is -2.25. The third-order valence-corrected chi connectivity index (χ3v) is 4.15. The summed E-state index contributed by atoms with van der Waals surface area (Å²) in [5.41, 5.74) is 7.09. The Morgan fingerprint density at radius 2 is 2.03 bits per heavy atom. The first kappa shape index (κ1) is 18.5. The number of alkyl halides is 2. The molecule has 1 aromatic carbocycles. The van der Waals surface area contributed by atoms with Crippen molar-refractivity contribution in [2.45, 2.75) is 12.8 Å². The molecule has 0 fully saturated rings. The Kier molecular flexibility index (Phi) is 4.41. The van der Waals surface area contributed by atoms with Gasteiger partial charge in [-0.2, -0.15) is 5.10 Å². The maximum Gasteiger partial charge on any atom is 0.586 e. The van der Waals surface area contributed by atoms with E-state index in [0.717, 1.165) is 5.56 Å². The summed E-state index contributed by atoms with van der Waals surface area (Å²) in [5, 5.41) is 9.87. The summed E-state index contributed by atoms with van der Waals surface area (Å²) in [4.78, 5) is 16.6. The Morgan fingerprint density at radius 3 is 2.83 bits per heavy atom. The van der Waals surface area contributed by atoms with Crippen molar-refractivity contribution in [3.05, 3.63) is 53.9 Å². The van der Waals surface area contributed by atoms with Gasteiger partial charge in [0.15, 0.2) is 11.5 Å². The second-order valence-electron chi connectivity index (χ2n) is 6.26. The van der Waals surface area contributed by atoms with Gasteiger partial charge in [0.05, 0.1) is 6.20 Å². The number of nitrogen functional groups attached to an aromatic ring is 1. The first-order valence-corrected chi connectivity index (χ1v) is 8.48. The van der Waals surface area contributed by atoms with E-state index in [9.17, 15) is 13.6 Å². The minimum absolute atomic E-state index is 0.103. The molecule has 1 amide bonds. The number of halogens is 2. The Balaban J connectivity index is 1.49. The summed E-state index contributed by atoms with van der Waals surface area (Å²) in [7, 11) is 1.68. The molecule has 0 radical (unpaired) electrons. The quantitative estimate of drug-likeness (QED) is 0.601. The largest absolute Gasteiger partial charge is 0.586 e. The summed E-state index contributed by atoms with van der Waals surface area (Å²) in [6.45, 7) is 0.394. The number of benzene rings is 1. The molecule has 0 unspecified atom stereocenters. The van der Waals surface area contributed by atoms with Gasteiger partial charge in [0, 0.05) is 31.5 Å². The standard InChI is InChI=1S/C18H16F2N6O3/c1-26-16(23-8-10-4-5-22-15(21)6-10)12(9-24-26)17(27)25-11-2-3-13-14(7-11)29-18(19,20)28-13/h2-7,9,23H,8H2,1H3,(H2,21,22)(H,25,27).